The maximum atomic E-state index is 10.7. The van der Waals surface area contributed by atoms with Crippen molar-refractivity contribution in [3.05, 3.63) is 59.7 Å². The Kier molecular flexibility index (Phi) is 9.94. The van der Waals surface area contributed by atoms with Gasteiger partial charge in [0.15, 0.2) is 0 Å². The fraction of sp³-hybridized carbons (Fsp3) is 0. The zero-order valence-corrected chi connectivity index (χ0v) is 17.6. The van der Waals surface area contributed by atoms with E-state index in [-0.39, 0.29) is 117 Å². The number of hydrogen-bond donors (Lipinski definition) is 2. The van der Waals surface area contributed by atoms with Gasteiger partial charge in [-0.15, -0.1) is 0 Å². The molecule has 4 nitrogen and oxygen atoms in total. The number of rotatable bonds is 3. The number of carbonyl (C=O) groups is 2. The summed E-state index contributed by atoms with van der Waals surface area (Å²) in [5.41, 5.74) is 2.13. The van der Waals surface area contributed by atoms with Gasteiger partial charge >= 0.3 is 115 Å². The van der Waals surface area contributed by atoms with Crippen molar-refractivity contribution in [1.29, 1.82) is 0 Å². The molecule has 0 aliphatic heterocycles. The second-order valence-electron chi connectivity index (χ2n) is 3.77. The van der Waals surface area contributed by atoms with E-state index in [0.717, 1.165) is 11.1 Å². The molecule has 0 aliphatic rings. The molecule has 0 unspecified atom stereocenters. The Morgan fingerprint density at radius 3 is 1.10 bits per heavy atom. The molecule has 94 valence electrons. The SMILES string of the molecule is O=C(O)c1ccc(-c2ccc(C(=O)O)cc2)cc1.[H-].[H-].[K+].[K+]. The molecule has 0 atom stereocenters. The van der Waals surface area contributed by atoms with Crippen LogP contribution in [-0.4, -0.2) is 22.2 Å². The van der Waals surface area contributed by atoms with Crippen LogP contribution in [0, 0.1) is 0 Å². The van der Waals surface area contributed by atoms with Crippen molar-refractivity contribution in [2.45, 2.75) is 0 Å². The summed E-state index contributed by atoms with van der Waals surface area (Å²) in [6.07, 6.45) is 0. The Hall–Kier alpha value is 0.653. The topological polar surface area (TPSA) is 74.6 Å². The zero-order valence-electron chi connectivity index (χ0n) is 13.3. The molecule has 0 aliphatic carbocycles. The third-order valence-electron chi connectivity index (χ3n) is 2.60. The molecule has 0 radical (unpaired) electrons. The van der Waals surface area contributed by atoms with Gasteiger partial charge in [-0.3, -0.25) is 0 Å². The molecule has 0 saturated carbocycles. The minimum atomic E-state index is -0.970. The number of aromatic carboxylic acids is 2. The maximum absolute atomic E-state index is 10.7. The second-order valence-corrected chi connectivity index (χ2v) is 3.77. The van der Waals surface area contributed by atoms with Gasteiger partial charge < -0.3 is 13.1 Å². The van der Waals surface area contributed by atoms with Crippen LogP contribution >= 0.6 is 0 Å². The Labute approximate surface area is 204 Å². The van der Waals surface area contributed by atoms with Gasteiger partial charge in [-0.1, -0.05) is 24.3 Å². The van der Waals surface area contributed by atoms with Crippen LogP contribution in [0.15, 0.2) is 48.5 Å². The van der Waals surface area contributed by atoms with Gasteiger partial charge in [0, 0.05) is 0 Å². The largest absolute Gasteiger partial charge is 1.00 e. The molecular weight excluding hydrogens is 310 g/mol. The first kappa shape index (κ1) is 20.7. The van der Waals surface area contributed by atoms with Crippen molar-refractivity contribution in [1.82, 2.24) is 0 Å². The van der Waals surface area contributed by atoms with E-state index >= 15 is 0 Å². The summed E-state index contributed by atoms with van der Waals surface area (Å²) in [5.74, 6) is -1.94. The molecule has 0 spiro atoms. The van der Waals surface area contributed by atoms with Crippen LogP contribution in [0.4, 0.5) is 0 Å². The monoisotopic (exact) mass is 322 g/mol. The van der Waals surface area contributed by atoms with E-state index in [1.807, 2.05) is 0 Å². The molecule has 0 aromatic heterocycles. The van der Waals surface area contributed by atoms with Crippen LogP contribution in [0.2, 0.25) is 0 Å². The van der Waals surface area contributed by atoms with E-state index in [2.05, 4.69) is 0 Å². The molecule has 0 bridgehead atoms. The summed E-state index contributed by atoms with van der Waals surface area (Å²) in [7, 11) is 0. The molecular formula is C14H12K2O4. The van der Waals surface area contributed by atoms with Gasteiger partial charge in [0.2, 0.25) is 0 Å². The first-order chi connectivity index (χ1) is 8.58. The fourth-order valence-corrected chi connectivity index (χ4v) is 1.61. The number of carboxylic acids is 2. The third kappa shape index (κ3) is 5.45. The summed E-state index contributed by atoms with van der Waals surface area (Å²) in [6.45, 7) is 0. The predicted molar refractivity (Wildman–Crippen MR) is 68.0 cm³/mol. The number of benzene rings is 2. The van der Waals surface area contributed by atoms with Crippen LogP contribution in [-0.2, 0) is 0 Å². The maximum Gasteiger partial charge on any atom is 1.00 e. The van der Waals surface area contributed by atoms with Crippen molar-refractivity contribution in [2.24, 2.45) is 0 Å². The molecule has 2 aromatic rings. The minimum absolute atomic E-state index is 0. The minimum Gasteiger partial charge on any atom is -1.00 e. The van der Waals surface area contributed by atoms with Crippen molar-refractivity contribution >= 4 is 11.9 Å². The third-order valence-corrected chi connectivity index (χ3v) is 2.60. The Bertz CT molecular complexity index is 546. The van der Waals surface area contributed by atoms with E-state index in [4.69, 9.17) is 10.2 Å². The molecule has 20 heavy (non-hydrogen) atoms. The van der Waals surface area contributed by atoms with E-state index in [0.29, 0.717) is 0 Å². The number of hydrogen-bond acceptors (Lipinski definition) is 2. The van der Waals surface area contributed by atoms with Crippen LogP contribution < -0.4 is 103 Å². The van der Waals surface area contributed by atoms with Gasteiger partial charge in [-0.25, -0.2) is 9.59 Å². The normalized spacial score (nSPS) is 9.00. The summed E-state index contributed by atoms with van der Waals surface area (Å²) in [6, 6.07) is 12.8. The molecule has 0 heterocycles. The Morgan fingerprint density at radius 1 is 0.650 bits per heavy atom. The van der Waals surface area contributed by atoms with E-state index < -0.39 is 11.9 Å². The van der Waals surface area contributed by atoms with E-state index in [1.54, 1.807) is 24.3 Å². The van der Waals surface area contributed by atoms with Crippen LogP contribution in [0.5, 0.6) is 0 Å². The van der Waals surface area contributed by atoms with Gasteiger partial charge in [0.1, 0.15) is 0 Å². The summed E-state index contributed by atoms with van der Waals surface area (Å²) in [5, 5.41) is 17.6. The first-order valence-electron chi connectivity index (χ1n) is 5.25. The molecule has 2 aromatic carbocycles. The van der Waals surface area contributed by atoms with Crippen molar-refractivity contribution in [3.63, 3.8) is 0 Å². The van der Waals surface area contributed by atoms with Gasteiger partial charge in [-0.05, 0) is 35.4 Å². The van der Waals surface area contributed by atoms with Gasteiger partial charge in [0.25, 0.3) is 0 Å². The fourth-order valence-electron chi connectivity index (χ4n) is 1.61. The average Bonchev–Trinajstić information content (AvgIpc) is 2.39. The Morgan fingerprint density at radius 2 is 0.900 bits per heavy atom. The van der Waals surface area contributed by atoms with Crippen LogP contribution in [0.3, 0.4) is 0 Å². The quantitative estimate of drug-likeness (QED) is 0.590. The molecule has 6 heteroatoms. The molecule has 0 fully saturated rings. The van der Waals surface area contributed by atoms with Crippen molar-refractivity contribution < 1.29 is 125 Å². The average molecular weight is 322 g/mol. The molecule has 2 rings (SSSR count). The van der Waals surface area contributed by atoms with Crippen LogP contribution in [0.25, 0.3) is 11.1 Å². The first-order valence-corrected chi connectivity index (χ1v) is 5.25. The second kappa shape index (κ2) is 9.63. The standard InChI is InChI=1S/C14H10O4.2K.2H/c15-13(16)11-5-1-9(2-6-11)10-3-7-12(8-4-10)14(17)18;;;;/h1-8H,(H,15,16)(H,17,18);;;;/q;2*+1;2*-1. The van der Waals surface area contributed by atoms with Crippen molar-refractivity contribution in [2.75, 3.05) is 0 Å². The zero-order chi connectivity index (χ0) is 13.1. The van der Waals surface area contributed by atoms with E-state index in [1.165, 1.54) is 24.3 Å². The summed E-state index contributed by atoms with van der Waals surface area (Å²) >= 11 is 0. The Balaban J connectivity index is -0.000000902. The molecule has 0 amide bonds. The van der Waals surface area contributed by atoms with Crippen LogP contribution in [0.1, 0.15) is 23.6 Å². The summed E-state index contributed by atoms with van der Waals surface area (Å²) in [4.78, 5) is 21.4. The van der Waals surface area contributed by atoms with Crippen molar-refractivity contribution in [3.8, 4) is 11.1 Å². The van der Waals surface area contributed by atoms with Gasteiger partial charge in [-0.2, -0.15) is 0 Å². The predicted octanol–water partition coefficient (Wildman–Crippen LogP) is -3.02. The van der Waals surface area contributed by atoms with E-state index in [9.17, 15) is 9.59 Å². The summed E-state index contributed by atoms with van der Waals surface area (Å²) < 4.78 is 0. The molecule has 2 N–H and O–H groups in total. The van der Waals surface area contributed by atoms with Gasteiger partial charge in [0.05, 0.1) is 11.1 Å². The molecule has 0 saturated heterocycles. The number of carboxylic acid groups (broad SMARTS) is 2. The smallest absolute Gasteiger partial charge is 1.00 e.